The number of nitrogens with zero attached hydrogens (tertiary/aromatic N) is 2. The first-order valence-electron chi connectivity index (χ1n) is 16.1. The highest BCUT2D eigenvalue weighted by molar-refractivity contribution is 6.31. The van der Waals surface area contributed by atoms with Gasteiger partial charge in [-0.25, -0.2) is 0 Å². The zero-order chi connectivity index (χ0) is 30.4. The van der Waals surface area contributed by atoms with Crippen LogP contribution in [0, 0.1) is 0 Å². The van der Waals surface area contributed by atoms with Gasteiger partial charge >= 0.3 is 0 Å². The Kier molecular flexibility index (Phi) is 10.4. The predicted octanol–water partition coefficient (Wildman–Crippen LogP) is 6.98. The molecule has 2 saturated heterocycles. The van der Waals surface area contributed by atoms with E-state index in [-0.39, 0.29) is 35.5 Å². The van der Waals surface area contributed by atoms with Crippen molar-refractivity contribution >= 4 is 34.2 Å². The van der Waals surface area contributed by atoms with E-state index in [0.717, 1.165) is 49.5 Å². The zero-order valence-corrected chi connectivity index (χ0v) is 26.7. The number of fused-ring (bicyclic) bond motifs is 1. The number of hydrogen-bond acceptors (Lipinski definition) is 4. The van der Waals surface area contributed by atoms with Gasteiger partial charge in [0.15, 0.2) is 0 Å². The Morgan fingerprint density at radius 1 is 1.00 bits per heavy atom. The summed E-state index contributed by atoms with van der Waals surface area (Å²) in [6.45, 7) is 10.0. The maximum atomic E-state index is 14.4. The van der Waals surface area contributed by atoms with E-state index >= 15 is 0 Å². The SMILES string of the molecule is CCC[C@@H](c1ccccc1)N1CC[C@H](CNC(=O)c2ccc3cc(Cl)ccc3c2)N[C@H](CC(C)(C)N2CCCCC2)C1=O. The topological polar surface area (TPSA) is 64.7 Å². The van der Waals surface area contributed by atoms with Gasteiger partial charge in [0, 0.05) is 35.3 Å². The second-order valence-corrected chi connectivity index (χ2v) is 13.4. The van der Waals surface area contributed by atoms with E-state index in [1.54, 1.807) is 0 Å². The van der Waals surface area contributed by atoms with Crippen LogP contribution in [0.3, 0.4) is 0 Å². The summed E-state index contributed by atoms with van der Waals surface area (Å²) in [7, 11) is 0. The van der Waals surface area contributed by atoms with Crippen molar-refractivity contribution in [2.75, 3.05) is 26.2 Å². The van der Waals surface area contributed by atoms with Crippen molar-refractivity contribution in [1.29, 1.82) is 0 Å². The molecule has 2 aliphatic rings. The number of carbonyl (C=O) groups excluding carboxylic acids is 2. The quantitative estimate of drug-likeness (QED) is 0.263. The predicted molar refractivity (Wildman–Crippen MR) is 177 cm³/mol. The fourth-order valence-corrected chi connectivity index (χ4v) is 7.10. The smallest absolute Gasteiger partial charge is 0.251 e. The average molecular weight is 603 g/mol. The third-order valence-electron chi connectivity index (χ3n) is 9.35. The molecule has 0 saturated carbocycles. The number of nitrogens with one attached hydrogen (secondary N) is 2. The molecule has 2 heterocycles. The number of halogens is 1. The van der Waals surface area contributed by atoms with E-state index in [4.69, 9.17) is 11.6 Å². The van der Waals surface area contributed by atoms with E-state index < -0.39 is 0 Å². The maximum Gasteiger partial charge on any atom is 0.251 e. The number of carbonyl (C=O) groups is 2. The van der Waals surface area contributed by atoms with Crippen LogP contribution < -0.4 is 10.6 Å². The minimum absolute atomic E-state index is 0.0163. The lowest BCUT2D eigenvalue weighted by molar-refractivity contribution is -0.136. The average Bonchev–Trinajstić information content (AvgIpc) is 3.17. The molecule has 2 fully saturated rings. The monoisotopic (exact) mass is 602 g/mol. The lowest BCUT2D eigenvalue weighted by Gasteiger charge is -2.43. The molecule has 0 aliphatic carbocycles. The molecule has 0 unspecified atom stereocenters. The van der Waals surface area contributed by atoms with Gasteiger partial charge < -0.3 is 15.5 Å². The zero-order valence-electron chi connectivity index (χ0n) is 25.9. The molecule has 43 heavy (non-hydrogen) atoms. The summed E-state index contributed by atoms with van der Waals surface area (Å²) in [5.41, 5.74) is 1.70. The van der Waals surface area contributed by atoms with Gasteiger partial charge in [-0.2, -0.15) is 0 Å². The van der Waals surface area contributed by atoms with Crippen LogP contribution in [0.2, 0.25) is 5.02 Å². The molecule has 230 valence electrons. The van der Waals surface area contributed by atoms with Gasteiger partial charge in [0.25, 0.3) is 5.91 Å². The van der Waals surface area contributed by atoms with Crippen LogP contribution in [-0.4, -0.2) is 65.4 Å². The Morgan fingerprint density at radius 2 is 1.72 bits per heavy atom. The molecule has 7 heteroatoms. The van der Waals surface area contributed by atoms with Gasteiger partial charge in [0.05, 0.1) is 12.1 Å². The lowest BCUT2D eigenvalue weighted by atomic mass is 9.89. The molecule has 3 aromatic carbocycles. The third kappa shape index (κ3) is 7.78. The summed E-state index contributed by atoms with van der Waals surface area (Å²) < 4.78 is 0. The van der Waals surface area contributed by atoms with Crippen LogP contribution in [0.4, 0.5) is 0 Å². The van der Waals surface area contributed by atoms with E-state index in [2.05, 4.69) is 65.5 Å². The molecule has 3 atom stereocenters. The van der Waals surface area contributed by atoms with Crippen LogP contribution in [0.1, 0.15) is 87.7 Å². The van der Waals surface area contributed by atoms with Crippen molar-refractivity contribution in [1.82, 2.24) is 20.4 Å². The molecule has 5 rings (SSSR count). The fourth-order valence-electron chi connectivity index (χ4n) is 6.92. The number of benzene rings is 3. The van der Waals surface area contributed by atoms with Crippen LogP contribution in [0.5, 0.6) is 0 Å². The lowest BCUT2D eigenvalue weighted by Crippen LogP contribution is -2.56. The number of piperidine rings is 1. The second-order valence-electron chi connectivity index (χ2n) is 12.9. The van der Waals surface area contributed by atoms with Crippen LogP contribution >= 0.6 is 11.6 Å². The maximum absolute atomic E-state index is 14.4. The molecule has 0 spiro atoms. The van der Waals surface area contributed by atoms with E-state index in [0.29, 0.717) is 23.7 Å². The molecular formula is C36H47ClN4O2. The largest absolute Gasteiger partial charge is 0.350 e. The molecule has 0 aromatic heterocycles. The van der Waals surface area contributed by atoms with Crippen molar-refractivity contribution in [3.8, 4) is 0 Å². The number of hydrogen-bond donors (Lipinski definition) is 2. The van der Waals surface area contributed by atoms with Gasteiger partial charge in [-0.3, -0.25) is 14.5 Å². The Morgan fingerprint density at radius 3 is 2.47 bits per heavy atom. The van der Waals surface area contributed by atoms with Crippen molar-refractivity contribution in [2.24, 2.45) is 0 Å². The summed E-state index contributed by atoms with van der Waals surface area (Å²) in [6.07, 6.45) is 7.13. The molecule has 6 nitrogen and oxygen atoms in total. The molecular weight excluding hydrogens is 556 g/mol. The van der Waals surface area contributed by atoms with Crippen molar-refractivity contribution < 1.29 is 9.59 Å². The van der Waals surface area contributed by atoms with E-state index in [1.807, 2.05) is 42.5 Å². The second kappa shape index (κ2) is 14.2. The highest BCUT2D eigenvalue weighted by Crippen LogP contribution is 2.31. The number of rotatable bonds is 10. The van der Waals surface area contributed by atoms with Gasteiger partial charge in [0.2, 0.25) is 5.91 Å². The fraction of sp³-hybridized carbons (Fsp3) is 0.500. The Hall–Kier alpha value is -2.93. The minimum atomic E-state index is -0.324. The molecule has 2 N–H and O–H groups in total. The van der Waals surface area contributed by atoms with Gasteiger partial charge in [-0.05, 0) is 99.6 Å². The van der Waals surface area contributed by atoms with Crippen LogP contribution in [0.15, 0.2) is 66.7 Å². The van der Waals surface area contributed by atoms with Gasteiger partial charge in [-0.15, -0.1) is 0 Å². The minimum Gasteiger partial charge on any atom is -0.350 e. The van der Waals surface area contributed by atoms with Crippen LogP contribution in [-0.2, 0) is 4.79 Å². The molecule has 0 radical (unpaired) electrons. The van der Waals surface area contributed by atoms with Gasteiger partial charge in [-0.1, -0.05) is 73.8 Å². The number of likely N-dealkylation sites (tertiary alicyclic amines) is 1. The molecule has 2 aliphatic heterocycles. The molecule has 0 bridgehead atoms. The highest BCUT2D eigenvalue weighted by Gasteiger charge is 2.39. The highest BCUT2D eigenvalue weighted by atomic mass is 35.5. The Bertz CT molecular complexity index is 1390. The Labute approximate surface area is 262 Å². The van der Waals surface area contributed by atoms with E-state index in [1.165, 1.54) is 24.8 Å². The summed E-state index contributed by atoms with van der Waals surface area (Å²) in [6, 6.07) is 21.5. The third-order valence-corrected chi connectivity index (χ3v) is 9.58. The van der Waals surface area contributed by atoms with Crippen molar-refractivity contribution in [3.05, 3.63) is 82.9 Å². The van der Waals surface area contributed by atoms with Crippen molar-refractivity contribution in [2.45, 2.75) is 89.4 Å². The first-order chi connectivity index (χ1) is 20.7. The van der Waals surface area contributed by atoms with E-state index in [9.17, 15) is 9.59 Å². The summed E-state index contributed by atoms with van der Waals surface area (Å²) in [5.74, 6) is 0.0684. The Balaban J connectivity index is 1.35. The standard InChI is InChI=1S/C36H47ClN4O2/c1-4-11-33(26-12-7-5-8-13-26)41-21-18-31(39-32(35(41)43)24-36(2,3)40-19-9-6-10-20-40)25-38-34(42)29-15-14-28-23-30(37)17-16-27(28)22-29/h5,7-8,12-17,22-23,31-33,39H,4,6,9-11,18-21,24-25H2,1-3H3,(H,38,42)/t31-,32-,33+/m1/s1. The van der Waals surface area contributed by atoms with Crippen molar-refractivity contribution in [3.63, 3.8) is 0 Å². The van der Waals surface area contributed by atoms with Gasteiger partial charge in [0.1, 0.15) is 0 Å². The number of amides is 2. The molecule has 2 amide bonds. The first kappa shape index (κ1) is 31.5. The summed E-state index contributed by atoms with van der Waals surface area (Å²) >= 11 is 6.14. The summed E-state index contributed by atoms with van der Waals surface area (Å²) in [4.78, 5) is 32.3. The molecule has 3 aromatic rings. The summed E-state index contributed by atoms with van der Waals surface area (Å²) in [5, 5.41) is 9.57. The first-order valence-corrected chi connectivity index (χ1v) is 16.5. The van der Waals surface area contributed by atoms with Crippen LogP contribution in [0.25, 0.3) is 10.8 Å². The normalized spacial score (nSPS) is 21.0.